The molecule has 8 heteroatoms. The minimum atomic E-state index is -0.460. The number of morpholine rings is 1. The van der Waals surface area contributed by atoms with E-state index in [4.69, 9.17) is 16.3 Å². The fourth-order valence-corrected chi connectivity index (χ4v) is 3.71. The molecule has 1 aliphatic rings. The third-order valence-corrected chi connectivity index (χ3v) is 5.17. The quantitative estimate of drug-likeness (QED) is 0.611. The van der Waals surface area contributed by atoms with Gasteiger partial charge in [-0.15, -0.1) is 11.3 Å². The highest BCUT2D eigenvalue weighted by molar-refractivity contribution is 7.14. The number of amides is 1. The Balaban J connectivity index is 1.76. The number of nitro groups is 1. The Hall–Kier alpha value is -1.96. The van der Waals surface area contributed by atoms with Crippen LogP contribution in [0.15, 0.2) is 30.3 Å². The number of halogens is 1. The van der Waals surface area contributed by atoms with Crippen molar-refractivity contribution in [2.45, 2.75) is 13.0 Å². The molecular formula is C16H15ClN2O4S. The summed E-state index contributed by atoms with van der Waals surface area (Å²) in [6.45, 7) is 2.94. The van der Waals surface area contributed by atoms with Gasteiger partial charge < -0.3 is 9.64 Å². The fourth-order valence-electron chi connectivity index (χ4n) is 2.63. The van der Waals surface area contributed by atoms with E-state index < -0.39 is 4.92 Å². The Morgan fingerprint density at radius 1 is 1.42 bits per heavy atom. The van der Waals surface area contributed by atoms with Gasteiger partial charge in [0.15, 0.2) is 0 Å². The van der Waals surface area contributed by atoms with Crippen LogP contribution in [-0.4, -0.2) is 35.4 Å². The zero-order valence-corrected chi connectivity index (χ0v) is 14.5. The van der Waals surface area contributed by atoms with Crippen LogP contribution in [0.2, 0.25) is 5.02 Å². The van der Waals surface area contributed by atoms with Gasteiger partial charge in [0.25, 0.3) is 11.6 Å². The molecule has 0 bridgehead atoms. The monoisotopic (exact) mass is 366 g/mol. The summed E-state index contributed by atoms with van der Waals surface area (Å²) in [5, 5.41) is 11.6. The van der Waals surface area contributed by atoms with E-state index in [9.17, 15) is 14.9 Å². The van der Waals surface area contributed by atoms with Crippen molar-refractivity contribution >= 4 is 34.5 Å². The van der Waals surface area contributed by atoms with Gasteiger partial charge in [-0.1, -0.05) is 23.7 Å². The van der Waals surface area contributed by atoms with Gasteiger partial charge in [0, 0.05) is 17.6 Å². The summed E-state index contributed by atoms with van der Waals surface area (Å²) >= 11 is 7.05. The molecule has 0 saturated carbocycles. The largest absolute Gasteiger partial charge is 0.370 e. The average Bonchev–Trinajstić information content (AvgIpc) is 2.97. The zero-order chi connectivity index (χ0) is 17.3. The molecule has 1 aromatic carbocycles. The number of aryl methyl sites for hydroxylation is 1. The summed E-state index contributed by atoms with van der Waals surface area (Å²) < 4.78 is 5.75. The number of nitrogens with zero attached hydrogens (tertiary/aromatic N) is 2. The van der Waals surface area contributed by atoms with Crippen molar-refractivity contribution in [3.63, 3.8) is 0 Å². The van der Waals surface area contributed by atoms with Crippen LogP contribution < -0.4 is 0 Å². The van der Waals surface area contributed by atoms with Gasteiger partial charge in [-0.25, -0.2) is 0 Å². The molecule has 1 aliphatic heterocycles. The molecule has 1 aromatic heterocycles. The van der Waals surface area contributed by atoms with E-state index in [-0.39, 0.29) is 17.7 Å². The van der Waals surface area contributed by atoms with E-state index in [1.807, 2.05) is 12.1 Å². The molecule has 1 fully saturated rings. The molecule has 1 atom stereocenters. The van der Waals surface area contributed by atoms with Crippen LogP contribution in [-0.2, 0) is 4.74 Å². The van der Waals surface area contributed by atoms with Gasteiger partial charge in [-0.3, -0.25) is 14.9 Å². The Kier molecular flexibility index (Phi) is 4.84. The second kappa shape index (κ2) is 6.88. The van der Waals surface area contributed by atoms with Crippen LogP contribution in [0, 0.1) is 17.0 Å². The number of hydrogen-bond donors (Lipinski definition) is 0. The van der Waals surface area contributed by atoms with E-state index in [1.54, 1.807) is 24.0 Å². The van der Waals surface area contributed by atoms with Crippen LogP contribution in [0.3, 0.4) is 0 Å². The number of rotatable bonds is 3. The summed E-state index contributed by atoms with van der Waals surface area (Å²) in [6.07, 6.45) is -0.226. The van der Waals surface area contributed by atoms with E-state index in [2.05, 4.69) is 0 Å². The van der Waals surface area contributed by atoms with E-state index >= 15 is 0 Å². The van der Waals surface area contributed by atoms with Crippen molar-refractivity contribution in [2.75, 3.05) is 19.7 Å². The van der Waals surface area contributed by atoms with Crippen LogP contribution in [0.1, 0.15) is 26.2 Å². The fraction of sp³-hybridized carbons (Fsp3) is 0.312. The molecule has 1 amide bonds. The maximum atomic E-state index is 12.7. The van der Waals surface area contributed by atoms with Crippen molar-refractivity contribution in [3.8, 4) is 0 Å². The molecule has 2 heterocycles. The number of carbonyl (C=O) groups is 1. The molecule has 1 saturated heterocycles. The normalized spacial score (nSPS) is 17.8. The van der Waals surface area contributed by atoms with Gasteiger partial charge in [0.1, 0.15) is 6.10 Å². The average molecular weight is 367 g/mol. The van der Waals surface area contributed by atoms with E-state index in [0.29, 0.717) is 34.5 Å². The lowest BCUT2D eigenvalue weighted by molar-refractivity contribution is -0.385. The number of thiophene rings is 1. The van der Waals surface area contributed by atoms with Gasteiger partial charge in [0.05, 0.1) is 27.8 Å². The summed E-state index contributed by atoms with van der Waals surface area (Å²) in [7, 11) is 0. The first-order valence-electron chi connectivity index (χ1n) is 7.37. The molecule has 0 spiro atoms. The molecular weight excluding hydrogens is 352 g/mol. The van der Waals surface area contributed by atoms with Gasteiger partial charge >= 0.3 is 0 Å². The Morgan fingerprint density at radius 2 is 2.12 bits per heavy atom. The first-order valence-corrected chi connectivity index (χ1v) is 8.56. The third kappa shape index (κ3) is 3.43. The molecule has 0 N–H and O–H groups in total. The number of carbonyl (C=O) groups excluding carboxylic acids is 1. The highest BCUT2D eigenvalue weighted by atomic mass is 35.5. The molecule has 126 valence electrons. The zero-order valence-electron chi connectivity index (χ0n) is 12.9. The van der Waals surface area contributed by atoms with Crippen molar-refractivity contribution in [2.24, 2.45) is 0 Å². The van der Waals surface area contributed by atoms with Gasteiger partial charge in [-0.2, -0.15) is 0 Å². The van der Waals surface area contributed by atoms with E-state index in [1.165, 1.54) is 6.07 Å². The lowest BCUT2D eigenvalue weighted by Crippen LogP contribution is -2.42. The number of benzene rings is 1. The summed E-state index contributed by atoms with van der Waals surface area (Å²) in [4.78, 5) is 25.7. The Bertz CT molecular complexity index is 775. The molecule has 24 heavy (non-hydrogen) atoms. The topological polar surface area (TPSA) is 72.7 Å². The highest BCUT2D eigenvalue weighted by Crippen LogP contribution is 2.30. The molecule has 6 nitrogen and oxygen atoms in total. The first kappa shape index (κ1) is 16.9. The summed E-state index contributed by atoms with van der Waals surface area (Å²) in [5.41, 5.74) is 0.941. The van der Waals surface area contributed by atoms with Crippen molar-refractivity contribution in [3.05, 3.63) is 60.8 Å². The lowest BCUT2D eigenvalue weighted by atomic mass is 10.1. The SMILES string of the molecule is Cc1sc(C(=O)N2CCOC(c3ccc(Cl)cc3)C2)cc1[N+](=O)[O-]. The predicted octanol–water partition coefficient (Wildman–Crippen LogP) is 3.83. The minimum absolute atomic E-state index is 0.00846. The van der Waals surface area contributed by atoms with Gasteiger partial charge in [-0.05, 0) is 24.6 Å². The minimum Gasteiger partial charge on any atom is -0.370 e. The number of hydrogen-bond acceptors (Lipinski definition) is 5. The molecule has 3 rings (SSSR count). The maximum Gasteiger partial charge on any atom is 0.283 e. The molecule has 0 aliphatic carbocycles. The van der Waals surface area contributed by atoms with Crippen LogP contribution in [0.5, 0.6) is 0 Å². The summed E-state index contributed by atoms with van der Waals surface area (Å²) in [6, 6.07) is 8.68. The number of ether oxygens (including phenoxy) is 1. The van der Waals surface area contributed by atoms with Gasteiger partial charge in [0.2, 0.25) is 0 Å². The van der Waals surface area contributed by atoms with Crippen molar-refractivity contribution < 1.29 is 14.5 Å². The standard InChI is InChI=1S/C16H15ClN2O4S/c1-10-13(19(21)22)8-15(24-10)16(20)18-6-7-23-14(9-18)11-2-4-12(17)5-3-11/h2-5,8,14H,6-7,9H2,1H3. The first-order chi connectivity index (χ1) is 11.5. The molecule has 2 aromatic rings. The second-order valence-corrected chi connectivity index (χ2v) is 7.16. The maximum absolute atomic E-state index is 12.7. The Morgan fingerprint density at radius 3 is 2.75 bits per heavy atom. The third-order valence-electron chi connectivity index (χ3n) is 3.89. The molecule has 0 radical (unpaired) electrons. The second-order valence-electron chi connectivity index (χ2n) is 5.47. The van der Waals surface area contributed by atoms with E-state index in [0.717, 1.165) is 16.9 Å². The highest BCUT2D eigenvalue weighted by Gasteiger charge is 2.28. The van der Waals surface area contributed by atoms with Crippen LogP contribution in [0.4, 0.5) is 5.69 Å². The molecule has 1 unspecified atom stereocenters. The smallest absolute Gasteiger partial charge is 0.283 e. The Labute approximate surface area is 147 Å². The van der Waals surface area contributed by atoms with Crippen molar-refractivity contribution in [1.82, 2.24) is 4.90 Å². The van der Waals surface area contributed by atoms with Crippen molar-refractivity contribution in [1.29, 1.82) is 0 Å². The predicted molar refractivity (Wildman–Crippen MR) is 91.8 cm³/mol. The van der Waals surface area contributed by atoms with Crippen LogP contribution >= 0.6 is 22.9 Å². The van der Waals surface area contributed by atoms with Crippen LogP contribution in [0.25, 0.3) is 0 Å². The summed E-state index contributed by atoms with van der Waals surface area (Å²) in [5.74, 6) is -0.196. The lowest BCUT2D eigenvalue weighted by Gasteiger charge is -2.33.